The van der Waals surface area contributed by atoms with Crippen LogP contribution < -0.4 is 5.73 Å². The van der Waals surface area contributed by atoms with Crippen molar-refractivity contribution in [2.45, 2.75) is 37.0 Å². The minimum Gasteiger partial charge on any atom is -0.330 e. The van der Waals surface area contributed by atoms with Gasteiger partial charge in [0.15, 0.2) is 0 Å². The van der Waals surface area contributed by atoms with Gasteiger partial charge in [0.1, 0.15) is 5.82 Å². The molecule has 1 aromatic carbocycles. The predicted octanol–water partition coefficient (Wildman–Crippen LogP) is 3.88. The topological polar surface area (TPSA) is 26.0 Å². The molecule has 0 bridgehead atoms. The van der Waals surface area contributed by atoms with Crippen molar-refractivity contribution in [3.63, 3.8) is 0 Å². The van der Waals surface area contributed by atoms with Crippen molar-refractivity contribution in [2.75, 3.05) is 6.54 Å². The van der Waals surface area contributed by atoms with Gasteiger partial charge in [-0.1, -0.05) is 23.7 Å². The predicted molar refractivity (Wildman–Crippen MR) is 65.6 cm³/mol. The summed E-state index contributed by atoms with van der Waals surface area (Å²) in [4.78, 5) is 0. The van der Waals surface area contributed by atoms with E-state index in [1.807, 2.05) is 0 Å². The Bertz CT molecular complexity index is 438. The van der Waals surface area contributed by atoms with Crippen LogP contribution in [0.5, 0.6) is 0 Å². The molecule has 0 saturated heterocycles. The lowest BCUT2D eigenvalue weighted by Crippen LogP contribution is -2.42. The summed E-state index contributed by atoms with van der Waals surface area (Å²) >= 11 is 5.95. The van der Waals surface area contributed by atoms with Crippen LogP contribution in [0, 0.1) is 5.82 Å². The van der Waals surface area contributed by atoms with Crippen LogP contribution in [0.2, 0.25) is 5.02 Å². The van der Waals surface area contributed by atoms with Crippen LogP contribution in [0.1, 0.15) is 31.2 Å². The Kier molecular flexibility index (Phi) is 3.60. The number of halogens is 4. The monoisotopic (exact) mass is 277 g/mol. The van der Waals surface area contributed by atoms with Crippen molar-refractivity contribution < 1.29 is 13.2 Å². The van der Waals surface area contributed by atoms with Gasteiger partial charge in [-0.2, -0.15) is 0 Å². The van der Waals surface area contributed by atoms with Gasteiger partial charge in [0.25, 0.3) is 0 Å². The molecule has 0 aliphatic heterocycles. The first kappa shape index (κ1) is 13.7. The summed E-state index contributed by atoms with van der Waals surface area (Å²) in [6, 6.07) is 4.48. The number of hydrogen-bond acceptors (Lipinski definition) is 1. The first-order valence-corrected chi connectivity index (χ1v) is 6.30. The maximum Gasteiger partial charge on any atom is 0.248 e. The fourth-order valence-electron chi connectivity index (χ4n) is 2.59. The molecule has 0 aromatic heterocycles. The molecule has 0 radical (unpaired) electrons. The second kappa shape index (κ2) is 4.74. The van der Waals surface area contributed by atoms with Crippen molar-refractivity contribution in [1.29, 1.82) is 0 Å². The molecule has 0 amide bonds. The van der Waals surface area contributed by atoms with Gasteiger partial charge in [0, 0.05) is 24.8 Å². The Balaban J connectivity index is 2.37. The molecule has 1 aromatic rings. The van der Waals surface area contributed by atoms with E-state index in [0.717, 1.165) is 0 Å². The van der Waals surface area contributed by atoms with Gasteiger partial charge in [-0.25, -0.2) is 13.2 Å². The number of rotatable bonds is 2. The van der Waals surface area contributed by atoms with E-state index in [2.05, 4.69) is 0 Å². The SMILES string of the molecule is NCC1(c2cccc(F)c2Cl)CCC(F)(F)CC1. The molecule has 2 rings (SSSR count). The Hall–Kier alpha value is -0.740. The Labute approximate surface area is 109 Å². The normalized spacial score (nSPS) is 21.8. The largest absolute Gasteiger partial charge is 0.330 e. The van der Waals surface area contributed by atoms with E-state index in [0.29, 0.717) is 5.56 Å². The average Bonchev–Trinajstić information content (AvgIpc) is 2.34. The molecule has 0 spiro atoms. The molecule has 1 aliphatic rings. The van der Waals surface area contributed by atoms with Crippen molar-refractivity contribution in [3.05, 3.63) is 34.6 Å². The Morgan fingerprint density at radius 3 is 2.33 bits per heavy atom. The molecule has 100 valence electrons. The van der Waals surface area contributed by atoms with E-state index in [-0.39, 0.29) is 37.3 Å². The minimum absolute atomic E-state index is 0.00756. The molecule has 0 unspecified atom stereocenters. The molecule has 5 heteroatoms. The summed E-state index contributed by atoms with van der Waals surface area (Å²) in [5.41, 5.74) is 5.69. The van der Waals surface area contributed by atoms with Crippen molar-refractivity contribution >= 4 is 11.6 Å². The summed E-state index contributed by atoms with van der Waals surface area (Å²) < 4.78 is 39.9. The van der Waals surface area contributed by atoms with Crippen LogP contribution in [0.15, 0.2) is 18.2 Å². The van der Waals surface area contributed by atoms with Crippen molar-refractivity contribution in [3.8, 4) is 0 Å². The number of hydrogen-bond donors (Lipinski definition) is 1. The van der Waals surface area contributed by atoms with Crippen LogP contribution >= 0.6 is 11.6 Å². The van der Waals surface area contributed by atoms with E-state index >= 15 is 0 Å². The lowest BCUT2D eigenvalue weighted by atomic mass is 9.68. The molecule has 2 N–H and O–H groups in total. The highest BCUT2D eigenvalue weighted by Crippen LogP contribution is 2.46. The van der Waals surface area contributed by atoms with Gasteiger partial charge in [-0.3, -0.25) is 0 Å². The third-order valence-corrected chi connectivity index (χ3v) is 4.24. The Morgan fingerprint density at radius 1 is 1.17 bits per heavy atom. The van der Waals surface area contributed by atoms with E-state index < -0.39 is 17.2 Å². The zero-order valence-corrected chi connectivity index (χ0v) is 10.6. The maximum absolute atomic E-state index is 13.5. The smallest absolute Gasteiger partial charge is 0.248 e. The standard InChI is InChI=1S/C13H15ClF3N/c14-11-9(2-1-3-10(11)15)12(8-18)4-6-13(16,17)7-5-12/h1-3H,4-8,18H2. The summed E-state index contributed by atoms with van der Waals surface area (Å²) in [5.74, 6) is -3.17. The molecular weight excluding hydrogens is 263 g/mol. The zero-order chi connectivity index (χ0) is 13.4. The Morgan fingerprint density at radius 2 is 1.78 bits per heavy atom. The summed E-state index contributed by atoms with van der Waals surface area (Å²) in [6.45, 7) is 0.201. The highest BCUT2D eigenvalue weighted by molar-refractivity contribution is 6.31. The molecule has 0 atom stereocenters. The lowest BCUT2D eigenvalue weighted by Gasteiger charge is -2.40. The summed E-state index contributed by atoms with van der Waals surface area (Å²) in [6.07, 6.45) is 0.0213. The van der Waals surface area contributed by atoms with Crippen molar-refractivity contribution in [2.24, 2.45) is 5.73 Å². The van der Waals surface area contributed by atoms with Gasteiger partial charge >= 0.3 is 0 Å². The lowest BCUT2D eigenvalue weighted by molar-refractivity contribution is -0.0509. The van der Waals surface area contributed by atoms with Crippen LogP contribution in [-0.4, -0.2) is 12.5 Å². The molecule has 1 fully saturated rings. The van der Waals surface area contributed by atoms with Gasteiger partial charge in [-0.05, 0) is 24.5 Å². The van der Waals surface area contributed by atoms with E-state index in [1.165, 1.54) is 6.07 Å². The van der Waals surface area contributed by atoms with Gasteiger partial charge in [-0.15, -0.1) is 0 Å². The number of nitrogens with two attached hydrogens (primary N) is 1. The highest BCUT2D eigenvalue weighted by Gasteiger charge is 2.44. The molecule has 1 saturated carbocycles. The van der Waals surface area contributed by atoms with Crippen LogP contribution in [-0.2, 0) is 5.41 Å². The van der Waals surface area contributed by atoms with Gasteiger partial charge in [0.2, 0.25) is 5.92 Å². The van der Waals surface area contributed by atoms with Crippen LogP contribution in [0.4, 0.5) is 13.2 Å². The maximum atomic E-state index is 13.5. The van der Waals surface area contributed by atoms with Crippen LogP contribution in [0.3, 0.4) is 0 Å². The minimum atomic E-state index is -2.64. The summed E-state index contributed by atoms with van der Waals surface area (Å²) in [7, 11) is 0. The van der Waals surface area contributed by atoms with E-state index in [9.17, 15) is 13.2 Å². The first-order valence-electron chi connectivity index (χ1n) is 5.93. The zero-order valence-electron chi connectivity index (χ0n) is 9.86. The molecule has 1 nitrogen and oxygen atoms in total. The molecule has 1 aliphatic carbocycles. The first-order chi connectivity index (χ1) is 8.40. The molecule has 18 heavy (non-hydrogen) atoms. The van der Waals surface area contributed by atoms with Crippen molar-refractivity contribution in [1.82, 2.24) is 0 Å². The fraction of sp³-hybridized carbons (Fsp3) is 0.538. The molecular formula is C13H15ClF3N. The van der Waals surface area contributed by atoms with Gasteiger partial charge in [0.05, 0.1) is 5.02 Å². The molecule has 0 heterocycles. The number of benzene rings is 1. The number of alkyl halides is 2. The van der Waals surface area contributed by atoms with Gasteiger partial charge < -0.3 is 5.73 Å². The van der Waals surface area contributed by atoms with E-state index in [4.69, 9.17) is 17.3 Å². The fourth-order valence-corrected chi connectivity index (χ4v) is 2.92. The average molecular weight is 278 g/mol. The van der Waals surface area contributed by atoms with Crippen LogP contribution in [0.25, 0.3) is 0 Å². The summed E-state index contributed by atoms with van der Waals surface area (Å²) in [5, 5.41) is 0.00756. The highest BCUT2D eigenvalue weighted by atomic mass is 35.5. The quantitative estimate of drug-likeness (QED) is 0.872. The third kappa shape index (κ3) is 2.36. The second-order valence-electron chi connectivity index (χ2n) is 4.94. The van der Waals surface area contributed by atoms with E-state index in [1.54, 1.807) is 12.1 Å². The second-order valence-corrected chi connectivity index (χ2v) is 5.32. The third-order valence-electron chi connectivity index (χ3n) is 3.85.